The molecule has 2 aromatic rings. The third kappa shape index (κ3) is 2.60. The van der Waals surface area contributed by atoms with E-state index in [-0.39, 0.29) is 0 Å². The number of hydrogen-bond donors (Lipinski definition) is 0. The number of hydrogen-bond acceptors (Lipinski definition) is 6. The average molecular weight is 280 g/mol. The van der Waals surface area contributed by atoms with Crippen LogP contribution in [0.1, 0.15) is 0 Å². The van der Waals surface area contributed by atoms with Crippen molar-refractivity contribution in [3.05, 3.63) is 24.3 Å². The van der Waals surface area contributed by atoms with Gasteiger partial charge in [0.2, 0.25) is 0 Å². The van der Waals surface area contributed by atoms with Crippen LogP contribution in [0.3, 0.4) is 0 Å². The highest BCUT2D eigenvalue weighted by molar-refractivity contribution is 8.05. The van der Waals surface area contributed by atoms with Gasteiger partial charge in [0.25, 0.3) is 0 Å². The number of nitrogens with zero attached hydrogens (tertiary/aromatic N) is 2. The quantitative estimate of drug-likeness (QED) is 0.608. The predicted molar refractivity (Wildman–Crippen MR) is 70.6 cm³/mol. The lowest BCUT2D eigenvalue weighted by Crippen LogP contribution is -1.55. The number of nitriles is 2. The number of rotatable bonds is 3. The van der Waals surface area contributed by atoms with Crippen LogP contribution in [0.25, 0.3) is 9.75 Å². The highest BCUT2D eigenvalue weighted by Gasteiger charge is 2.06. The molecule has 0 aliphatic rings. The van der Waals surface area contributed by atoms with Crippen molar-refractivity contribution in [2.75, 3.05) is 0 Å². The van der Waals surface area contributed by atoms with Crippen LogP contribution < -0.4 is 0 Å². The standard InChI is InChI=1S/C10H4N2S4/c11-5-13-9-3-1-7(15-9)8-2-4-10(16-8)14-6-12/h1-4H. The number of thiocyanates is 2. The Morgan fingerprint density at radius 2 is 1.25 bits per heavy atom. The first-order chi connectivity index (χ1) is 7.83. The average Bonchev–Trinajstić information content (AvgIpc) is 2.87. The van der Waals surface area contributed by atoms with E-state index in [9.17, 15) is 0 Å². The van der Waals surface area contributed by atoms with Gasteiger partial charge in [0, 0.05) is 33.3 Å². The molecule has 2 aromatic heterocycles. The van der Waals surface area contributed by atoms with Crippen molar-refractivity contribution in [2.24, 2.45) is 0 Å². The Bertz CT molecular complexity index is 518. The Morgan fingerprint density at radius 1 is 0.812 bits per heavy atom. The van der Waals surface area contributed by atoms with Crippen molar-refractivity contribution in [3.8, 4) is 20.6 Å². The fourth-order valence-corrected chi connectivity index (χ4v) is 4.22. The summed E-state index contributed by atoms with van der Waals surface area (Å²) in [4.78, 5) is 2.29. The van der Waals surface area contributed by atoms with Crippen molar-refractivity contribution in [1.82, 2.24) is 0 Å². The lowest BCUT2D eigenvalue weighted by molar-refractivity contribution is 1.56. The fraction of sp³-hybridized carbons (Fsp3) is 0. The van der Waals surface area contributed by atoms with Crippen LogP contribution in [-0.2, 0) is 0 Å². The summed E-state index contributed by atoms with van der Waals surface area (Å²) in [5.41, 5.74) is 0. The topological polar surface area (TPSA) is 47.6 Å². The van der Waals surface area contributed by atoms with Gasteiger partial charge in [-0.05, 0) is 24.3 Å². The van der Waals surface area contributed by atoms with Gasteiger partial charge in [-0.3, -0.25) is 0 Å². The molecule has 0 atom stereocenters. The minimum atomic E-state index is 1.00. The Labute approximate surface area is 110 Å². The molecule has 0 spiro atoms. The third-order valence-corrected chi connectivity index (χ3v) is 5.51. The Balaban J connectivity index is 2.22. The Morgan fingerprint density at radius 3 is 1.62 bits per heavy atom. The largest absolute Gasteiger partial charge is 0.185 e. The van der Waals surface area contributed by atoms with E-state index in [0.29, 0.717) is 0 Å². The molecule has 0 aliphatic heterocycles. The van der Waals surface area contributed by atoms with Gasteiger partial charge in [-0.25, -0.2) is 0 Å². The van der Waals surface area contributed by atoms with Crippen molar-refractivity contribution < 1.29 is 0 Å². The number of thiophene rings is 2. The van der Waals surface area contributed by atoms with Crippen LogP contribution >= 0.6 is 46.2 Å². The molecule has 0 unspecified atom stereocenters. The Kier molecular flexibility index (Phi) is 3.92. The summed E-state index contributed by atoms with van der Waals surface area (Å²) in [6, 6.07) is 7.92. The molecule has 0 radical (unpaired) electrons. The molecule has 16 heavy (non-hydrogen) atoms. The predicted octanol–water partition coefficient (Wildman–Crippen LogP) is 4.62. The first-order valence-electron chi connectivity index (χ1n) is 4.15. The molecule has 2 rings (SSSR count). The maximum Gasteiger partial charge on any atom is 0.139 e. The van der Waals surface area contributed by atoms with Gasteiger partial charge in [0.15, 0.2) is 0 Å². The molecule has 0 fully saturated rings. The molecule has 78 valence electrons. The summed E-state index contributed by atoms with van der Waals surface area (Å²) in [6.45, 7) is 0. The molecule has 2 nitrogen and oxygen atoms in total. The number of thioether (sulfide) groups is 2. The van der Waals surface area contributed by atoms with E-state index in [1.165, 1.54) is 23.5 Å². The molecule has 0 aromatic carbocycles. The molecular formula is C10H4N2S4. The van der Waals surface area contributed by atoms with Gasteiger partial charge in [-0.2, -0.15) is 10.5 Å². The summed E-state index contributed by atoms with van der Waals surface area (Å²) in [6.07, 6.45) is 0. The van der Waals surface area contributed by atoms with Crippen LogP contribution in [0.5, 0.6) is 0 Å². The van der Waals surface area contributed by atoms with Gasteiger partial charge in [0.1, 0.15) is 10.8 Å². The summed E-state index contributed by atoms with van der Waals surface area (Å²) in [5, 5.41) is 21.2. The van der Waals surface area contributed by atoms with Gasteiger partial charge < -0.3 is 0 Å². The zero-order valence-corrected chi connectivity index (χ0v) is 11.1. The lowest BCUT2D eigenvalue weighted by atomic mass is 10.4. The minimum absolute atomic E-state index is 1.00. The third-order valence-electron chi connectivity index (χ3n) is 1.70. The second kappa shape index (κ2) is 5.42. The minimum Gasteiger partial charge on any atom is -0.185 e. The molecule has 2 heterocycles. The monoisotopic (exact) mass is 280 g/mol. The molecule has 6 heteroatoms. The van der Waals surface area contributed by atoms with Crippen molar-refractivity contribution in [1.29, 1.82) is 10.5 Å². The first-order valence-corrected chi connectivity index (χ1v) is 7.42. The van der Waals surface area contributed by atoms with Gasteiger partial charge >= 0.3 is 0 Å². The van der Waals surface area contributed by atoms with Crippen LogP contribution in [0.4, 0.5) is 0 Å². The lowest BCUT2D eigenvalue weighted by Gasteiger charge is -1.88. The maximum atomic E-state index is 8.56. The molecule has 0 saturated heterocycles. The van der Waals surface area contributed by atoms with Crippen LogP contribution in [-0.4, -0.2) is 0 Å². The summed E-state index contributed by atoms with van der Waals surface area (Å²) in [7, 11) is 0. The Hall–Kier alpha value is -0.920. The van der Waals surface area contributed by atoms with E-state index in [1.54, 1.807) is 22.7 Å². The van der Waals surface area contributed by atoms with Crippen molar-refractivity contribution in [2.45, 2.75) is 8.42 Å². The molecule has 0 bridgehead atoms. The first kappa shape index (κ1) is 11.6. The smallest absolute Gasteiger partial charge is 0.139 e. The van der Waals surface area contributed by atoms with Crippen molar-refractivity contribution >= 4 is 46.2 Å². The summed E-state index contributed by atoms with van der Waals surface area (Å²) >= 11 is 5.56. The van der Waals surface area contributed by atoms with E-state index in [0.717, 1.165) is 18.2 Å². The van der Waals surface area contributed by atoms with Gasteiger partial charge in [-0.1, -0.05) is 0 Å². The molecule has 0 aliphatic carbocycles. The van der Waals surface area contributed by atoms with Crippen LogP contribution in [0.15, 0.2) is 32.7 Å². The van der Waals surface area contributed by atoms with Crippen LogP contribution in [0.2, 0.25) is 0 Å². The molecular weight excluding hydrogens is 276 g/mol. The second-order valence-corrected chi connectivity index (χ2v) is 6.96. The van der Waals surface area contributed by atoms with E-state index in [1.807, 2.05) is 24.3 Å². The van der Waals surface area contributed by atoms with Gasteiger partial charge in [-0.15, -0.1) is 22.7 Å². The van der Waals surface area contributed by atoms with E-state index in [2.05, 4.69) is 10.8 Å². The second-order valence-electron chi connectivity index (χ2n) is 2.62. The zero-order chi connectivity index (χ0) is 11.4. The highest BCUT2D eigenvalue weighted by Crippen LogP contribution is 2.39. The normalized spacial score (nSPS) is 9.62. The highest BCUT2D eigenvalue weighted by atomic mass is 32.2. The van der Waals surface area contributed by atoms with Gasteiger partial charge in [0.05, 0.1) is 8.42 Å². The van der Waals surface area contributed by atoms with E-state index < -0.39 is 0 Å². The SMILES string of the molecule is N#CSc1ccc(-c2ccc(SC#N)s2)s1. The molecule has 0 amide bonds. The van der Waals surface area contributed by atoms with E-state index in [4.69, 9.17) is 10.5 Å². The summed E-state index contributed by atoms with van der Waals surface area (Å²) < 4.78 is 2.00. The zero-order valence-electron chi connectivity index (χ0n) is 7.84. The summed E-state index contributed by atoms with van der Waals surface area (Å²) in [5.74, 6) is 0. The molecule has 0 saturated carbocycles. The van der Waals surface area contributed by atoms with Crippen molar-refractivity contribution in [3.63, 3.8) is 0 Å². The van der Waals surface area contributed by atoms with Crippen LogP contribution in [0, 0.1) is 21.3 Å². The maximum absolute atomic E-state index is 8.56. The van der Waals surface area contributed by atoms with E-state index >= 15 is 0 Å². The molecule has 0 N–H and O–H groups in total. The fourth-order valence-electron chi connectivity index (χ4n) is 1.10.